The quantitative estimate of drug-likeness (QED) is 0.819. The number of carbonyl (C=O) groups excluding carboxylic acids is 1. The summed E-state index contributed by atoms with van der Waals surface area (Å²) in [6.45, 7) is 8.83. The van der Waals surface area contributed by atoms with Crippen LogP contribution >= 0.6 is 0 Å². The van der Waals surface area contributed by atoms with Crippen LogP contribution < -0.4 is 15.2 Å². The van der Waals surface area contributed by atoms with Crippen molar-refractivity contribution in [3.05, 3.63) is 17.7 Å². The lowest BCUT2D eigenvalue weighted by Gasteiger charge is -2.29. The Bertz CT molecular complexity index is 499. The Labute approximate surface area is 127 Å². The number of methoxy groups -OCH3 is 2. The van der Waals surface area contributed by atoms with Crippen molar-refractivity contribution < 1.29 is 14.3 Å². The van der Waals surface area contributed by atoms with E-state index in [-0.39, 0.29) is 11.9 Å². The van der Waals surface area contributed by atoms with Crippen molar-refractivity contribution in [2.24, 2.45) is 5.92 Å². The second-order valence-electron chi connectivity index (χ2n) is 5.74. The van der Waals surface area contributed by atoms with Gasteiger partial charge in [0.25, 0.3) is 5.91 Å². The van der Waals surface area contributed by atoms with Crippen molar-refractivity contribution in [1.82, 2.24) is 4.90 Å². The van der Waals surface area contributed by atoms with E-state index < -0.39 is 0 Å². The summed E-state index contributed by atoms with van der Waals surface area (Å²) >= 11 is 0. The van der Waals surface area contributed by atoms with Crippen LogP contribution in [0.1, 0.15) is 38.1 Å². The van der Waals surface area contributed by atoms with Gasteiger partial charge in [-0.05, 0) is 25.8 Å². The standard InChI is InChI=1S/C16H26N2O3/c1-10(2)9-18(11(3)4)16(19)13-7-12(20-5)8-14(21-6)15(13)17/h7-8,10-11H,9,17H2,1-6H3. The number of nitrogen functional groups attached to an aromatic ring is 1. The molecule has 0 heterocycles. The van der Waals surface area contributed by atoms with Crippen LogP contribution in [0.25, 0.3) is 0 Å². The minimum absolute atomic E-state index is 0.0940. The first-order chi connectivity index (χ1) is 9.81. The molecule has 2 N–H and O–H groups in total. The van der Waals surface area contributed by atoms with Crippen molar-refractivity contribution >= 4 is 11.6 Å². The molecule has 0 spiro atoms. The number of anilines is 1. The van der Waals surface area contributed by atoms with Crippen molar-refractivity contribution in [1.29, 1.82) is 0 Å². The molecule has 5 heteroatoms. The van der Waals surface area contributed by atoms with Gasteiger partial charge in [0.05, 0.1) is 25.5 Å². The van der Waals surface area contributed by atoms with Crippen LogP contribution in [0.3, 0.4) is 0 Å². The molecule has 21 heavy (non-hydrogen) atoms. The molecule has 0 fully saturated rings. The Kier molecular flexibility index (Phi) is 5.88. The lowest BCUT2D eigenvalue weighted by molar-refractivity contribution is 0.0682. The predicted octanol–water partition coefficient (Wildman–Crippen LogP) is 2.79. The zero-order chi connectivity index (χ0) is 16.2. The van der Waals surface area contributed by atoms with Crippen molar-refractivity contribution in [3.63, 3.8) is 0 Å². The molecular weight excluding hydrogens is 268 g/mol. The van der Waals surface area contributed by atoms with Crippen LogP contribution in [0, 0.1) is 5.92 Å². The number of nitrogens with zero attached hydrogens (tertiary/aromatic N) is 1. The van der Waals surface area contributed by atoms with Gasteiger partial charge >= 0.3 is 0 Å². The number of hydrogen-bond acceptors (Lipinski definition) is 4. The van der Waals surface area contributed by atoms with Gasteiger partial charge in [-0.25, -0.2) is 0 Å². The van der Waals surface area contributed by atoms with Crippen molar-refractivity contribution in [2.45, 2.75) is 33.7 Å². The molecule has 0 aliphatic heterocycles. The van der Waals surface area contributed by atoms with E-state index in [2.05, 4.69) is 13.8 Å². The van der Waals surface area contributed by atoms with Gasteiger partial charge in [-0.3, -0.25) is 4.79 Å². The summed E-state index contributed by atoms with van der Waals surface area (Å²) in [6, 6.07) is 3.43. The maximum Gasteiger partial charge on any atom is 0.256 e. The predicted molar refractivity (Wildman–Crippen MR) is 85.0 cm³/mol. The highest BCUT2D eigenvalue weighted by molar-refractivity contribution is 6.01. The maximum absolute atomic E-state index is 12.8. The molecule has 0 saturated heterocycles. The lowest BCUT2D eigenvalue weighted by Crippen LogP contribution is -2.39. The highest BCUT2D eigenvalue weighted by atomic mass is 16.5. The van der Waals surface area contributed by atoms with E-state index >= 15 is 0 Å². The second kappa shape index (κ2) is 7.20. The topological polar surface area (TPSA) is 64.8 Å². The van der Waals surface area contributed by atoms with E-state index in [1.165, 1.54) is 7.11 Å². The van der Waals surface area contributed by atoms with Crippen molar-refractivity contribution in [2.75, 3.05) is 26.5 Å². The van der Waals surface area contributed by atoms with Gasteiger partial charge in [0.1, 0.15) is 11.5 Å². The number of hydrogen-bond donors (Lipinski definition) is 1. The lowest BCUT2D eigenvalue weighted by atomic mass is 10.1. The summed E-state index contributed by atoms with van der Waals surface area (Å²) in [6.07, 6.45) is 0. The third kappa shape index (κ3) is 4.03. The molecule has 0 bridgehead atoms. The fourth-order valence-corrected chi connectivity index (χ4v) is 2.14. The minimum Gasteiger partial charge on any atom is -0.497 e. The molecular formula is C16H26N2O3. The molecule has 1 amide bonds. The molecule has 1 rings (SSSR count). The van der Waals surface area contributed by atoms with Crippen LogP contribution in [0.4, 0.5) is 5.69 Å². The molecule has 0 aliphatic carbocycles. The van der Waals surface area contributed by atoms with Gasteiger partial charge in [-0.15, -0.1) is 0 Å². The van der Waals surface area contributed by atoms with Gasteiger partial charge in [-0.1, -0.05) is 13.8 Å². The average Bonchev–Trinajstić information content (AvgIpc) is 2.43. The van der Waals surface area contributed by atoms with Gasteiger partial charge < -0.3 is 20.1 Å². The minimum atomic E-state index is -0.103. The largest absolute Gasteiger partial charge is 0.497 e. The van der Waals surface area contributed by atoms with Crippen LogP contribution in [0.2, 0.25) is 0 Å². The fraction of sp³-hybridized carbons (Fsp3) is 0.562. The first-order valence-electron chi connectivity index (χ1n) is 7.14. The van der Waals surface area contributed by atoms with E-state index in [1.807, 2.05) is 18.7 Å². The normalized spacial score (nSPS) is 10.9. The van der Waals surface area contributed by atoms with Gasteiger partial charge in [0.15, 0.2) is 0 Å². The van der Waals surface area contributed by atoms with E-state index in [1.54, 1.807) is 19.2 Å². The summed E-state index contributed by atoms with van der Waals surface area (Å²) in [5.74, 6) is 1.28. The molecule has 5 nitrogen and oxygen atoms in total. The molecule has 0 unspecified atom stereocenters. The highest BCUT2D eigenvalue weighted by Crippen LogP contribution is 2.32. The van der Waals surface area contributed by atoms with E-state index in [9.17, 15) is 4.79 Å². The number of ether oxygens (including phenoxy) is 2. The Hall–Kier alpha value is -1.91. The SMILES string of the molecule is COc1cc(OC)c(N)c(C(=O)N(CC(C)C)C(C)C)c1. The Morgan fingerprint density at radius 2 is 1.81 bits per heavy atom. The summed E-state index contributed by atoms with van der Waals surface area (Å²) in [7, 11) is 3.07. The van der Waals surface area contributed by atoms with Crippen LogP contribution in [-0.2, 0) is 0 Å². The van der Waals surface area contributed by atoms with Gasteiger partial charge in [0.2, 0.25) is 0 Å². The zero-order valence-corrected chi connectivity index (χ0v) is 13.8. The zero-order valence-electron chi connectivity index (χ0n) is 13.8. The number of rotatable bonds is 6. The molecule has 0 aromatic heterocycles. The van der Waals surface area contributed by atoms with Crippen molar-refractivity contribution in [3.8, 4) is 11.5 Å². The van der Waals surface area contributed by atoms with E-state index in [4.69, 9.17) is 15.2 Å². The third-order valence-electron chi connectivity index (χ3n) is 3.25. The average molecular weight is 294 g/mol. The van der Waals surface area contributed by atoms with Gasteiger partial charge in [-0.2, -0.15) is 0 Å². The van der Waals surface area contributed by atoms with Gasteiger partial charge in [0, 0.05) is 18.7 Å². The summed E-state index contributed by atoms with van der Waals surface area (Å²) in [5.41, 5.74) is 6.82. The van der Waals surface area contributed by atoms with E-state index in [0.29, 0.717) is 35.2 Å². The van der Waals surface area contributed by atoms with Crippen LogP contribution in [0.5, 0.6) is 11.5 Å². The molecule has 0 saturated carbocycles. The molecule has 0 aliphatic rings. The summed E-state index contributed by atoms with van der Waals surface area (Å²) in [4.78, 5) is 14.6. The van der Waals surface area contributed by atoms with Crippen LogP contribution in [0.15, 0.2) is 12.1 Å². The smallest absolute Gasteiger partial charge is 0.256 e. The number of benzene rings is 1. The molecule has 118 valence electrons. The molecule has 1 aromatic rings. The second-order valence-corrected chi connectivity index (χ2v) is 5.74. The third-order valence-corrected chi connectivity index (χ3v) is 3.25. The summed E-state index contributed by atoms with van der Waals surface area (Å²) in [5, 5.41) is 0. The summed E-state index contributed by atoms with van der Waals surface area (Å²) < 4.78 is 10.4. The van der Waals surface area contributed by atoms with Crippen LogP contribution in [-0.4, -0.2) is 37.6 Å². The Morgan fingerprint density at radius 3 is 2.24 bits per heavy atom. The first-order valence-corrected chi connectivity index (χ1v) is 7.14. The number of carbonyl (C=O) groups is 1. The molecule has 0 radical (unpaired) electrons. The highest BCUT2D eigenvalue weighted by Gasteiger charge is 2.24. The first kappa shape index (κ1) is 17.1. The van der Waals surface area contributed by atoms with E-state index in [0.717, 1.165) is 0 Å². The monoisotopic (exact) mass is 294 g/mol. The number of amides is 1. The Balaban J connectivity index is 3.26. The number of nitrogens with two attached hydrogens (primary N) is 1. The fourth-order valence-electron chi connectivity index (χ4n) is 2.14. The Morgan fingerprint density at radius 1 is 1.19 bits per heavy atom. The molecule has 1 aromatic carbocycles. The molecule has 0 atom stereocenters. The maximum atomic E-state index is 12.8.